The van der Waals surface area contributed by atoms with Crippen molar-refractivity contribution in [2.75, 3.05) is 55.6 Å². The molecular weight excluding hydrogens is 370 g/mol. The van der Waals surface area contributed by atoms with Crippen LogP contribution in [0.3, 0.4) is 0 Å². The van der Waals surface area contributed by atoms with Crippen molar-refractivity contribution in [3.63, 3.8) is 0 Å². The summed E-state index contributed by atoms with van der Waals surface area (Å²) in [6.45, 7) is 7.57. The fourth-order valence-electron chi connectivity index (χ4n) is 3.18. The Morgan fingerprint density at radius 2 is 1.79 bits per heavy atom. The second-order valence-electron chi connectivity index (χ2n) is 6.80. The molecular formula is C22H29N3O4. The number of amides is 1. The summed E-state index contributed by atoms with van der Waals surface area (Å²) in [5, 5.41) is 6.15. The van der Waals surface area contributed by atoms with Gasteiger partial charge in [-0.05, 0) is 50.2 Å². The smallest absolute Gasteiger partial charge is 0.246 e. The van der Waals surface area contributed by atoms with Crippen molar-refractivity contribution < 1.29 is 19.0 Å². The van der Waals surface area contributed by atoms with Crippen LogP contribution < -0.4 is 25.0 Å². The van der Waals surface area contributed by atoms with Gasteiger partial charge >= 0.3 is 0 Å². The van der Waals surface area contributed by atoms with Crippen LogP contribution in [-0.2, 0) is 9.53 Å². The maximum Gasteiger partial charge on any atom is 0.246 e. The summed E-state index contributed by atoms with van der Waals surface area (Å²) in [5.41, 5.74) is 2.69. The van der Waals surface area contributed by atoms with E-state index in [9.17, 15) is 4.79 Å². The van der Waals surface area contributed by atoms with Crippen molar-refractivity contribution in [3.05, 3.63) is 42.5 Å². The third-order valence-electron chi connectivity index (χ3n) is 4.75. The van der Waals surface area contributed by atoms with Crippen LogP contribution in [-0.4, -0.2) is 52.0 Å². The molecule has 7 nitrogen and oxygen atoms in total. The lowest BCUT2D eigenvalue weighted by molar-refractivity contribution is -0.116. The van der Waals surface area contributed by atoms with Crippen molar-refractivity contribution in [1.29, 1.82) is 0 Å². The minimum Gasteiger partial charge on any atom is -0.493 e. The Kier molecular flexibility index (Phi) is 7.19. The van der Waals surface area contributed by atoms with Crippen molar-refractivity contribution in [1.82, 2.24) is 0 Å². The number of nitrogens with one attached hydrogen (secondary N) is 2. The van der Waals surface area contributed by atoms with Crippen molar-refractivity contribution in [2.45, 2.75) is 19.9 Å². The Labute approximate surface area is 171 Å². The summed E-state index contributed by atoms with van der Waals surface area (Å²) in [4.78, 5) is 14.8. The van der Waals surface area contributed by atoms with Crippen molar-refractivity contribution in [2.24, 2.45) is 0 Å². The fraction of sp³-hybridized carbons (Fsp3) is 0.409. The Balaban J connectivity index is 1.57. The molecule has 1 heterocycles. The number of hydrogen-bond donors (Lipinski definition) is 2. The lowest BCUT2D eigenvalue weighted by Gasteiger charge is -2.29. The number of anilines is 3. The minimum atomic E-state index is -0.420. The molecule has 2 N–H and O–H groups in total. The molecule has 156 valence electrons. The summed E-state index contributed by atoms with van der Waals surface area (Å²) < 4.78 is 16.3. The first-order chi connectivity index (χ1) is 14.1. The van der Waals surface area contributed by atoms with E-state index in [0.717, 1.165) is 43.4 Å². The van der Waals surface area contributed by atoms with Crippen LogP contribution in [0.1, 0.15) is 13.8 Å². The first-order valence-corrected chi connectivity index (χ1v) is 9.91. The highest BCUT2D eigenvalue weighted by atomic mass is 16.5. The summed E-state index contributed by atoms with van der Waals surface area (Å²) in [7, 11) is 1.60. The number of nitrogens with zero attached hydrogens (tertiary/aromatic N) is 1. The van der Waals surface area contributed by atoms with Gasteiger partial charge in [-0.1, -0.05) is 0 Å². The molecule has 1 fully saturated rings. The summed E-state index contributed by atoms with van der Waals surface area (Å²) in [6, 6.07) is 13.0. The fourth-order valence-corrected chi connectivity index (χ4v) is 3.18. The molecule has 1 saturated heterocycles. The van der Waals surface area contributed by atoms with E-state index in [1.807, 2.05) is 56.3 Å². The van der Waals surface area contributed by atoms with Crippen LogP contribution in [0.15, 0.2) is 42.5 Å². The van der Waals surface area contributed by atoms with Crippen LogP contribution in [0.2, 0.25) is 0 Å². The normalized spacial score (nSPS) is 14.8. The number of morpholine rings is 1. The predicted octanol–water partition coefficient (Wildman–Crippen LogP) is 3.37. The zero-order valence-corrected chi connectivity index (χ0v) is 17.2. The average molecular weight is 399 g/mol. The van der Waals surface area contributed by atoms with Gasteiger partial charge in [0.15, 0.2) is 11.5 Å². The molecule has 0 saturated carbocycles. The first-order valence-electron chi connectivity index (χ1n) is 9.91. The minimum absolute atomic E-state index is 0.114. The molecule has 2 aromatic carbocycles. The molecule has 1 aliphatic rings. The van der Waals surface area contributed by atoms with E-state index in [-0.39, 0.29) is 5.91 Å². The number of methoxy groups -OCH3 is 1. The van der Waals surface area contributed by atoms with Crippen molar-refractivity contribution >= 4 is 23.0 Å². The first kappa shape index (κ1) is 20.8. The maximum absolute atomic E-state index is 12.6. The number of carbonyl (C=O) groups is 1. The predicted molar refractivity (Wildman–Crippen MR) is 115 cm³/mol. The van der Waals surface area contributed by atoms with Gasteiger partial charge in [0.25, 0.3) is 0 Å². The zero-order chi connectivity index (χ0) is 20.6. The standard InChI is InChI=1S/C22H29N3O4/c1-4-29-20-10-7-18(15-21(20)27-3)23-16(2)22(26)24-17-5-8-19(9-6-17)25-11-13-28-14-12-25/h5-10,15-16,23H,4,11-14H2,1-3H3,(H,24,26)/t16-/m1/s1. The van der Waals surface area contributed by atoms with E-state index in [1.165, 1.54) is 0 Å². The van der Waals surface area contributed by atoms with E-state index in [1.54, 1.807) is 7.11 Å². The molecule has 0 bridgehead atoms. The number of hydrogen-bond acceptors (Lipinski definition) is 6. The van der Waals surface area contributed by atoms with Gasteiger partial charge in [0.1, 0.15) is 6.04 Å². The maximum atomic E-state index is 12.6. The van der Waals surface area contributed by atoms with E-state index in [0.29, 0.717) is 18.1 Å². The molecule has 0 aliphatic carbocycles. The molecule has 0 unspecified atom stereocenters. The highest BCUT2D eigenvalue weighted by molar-refractivity contribution is 5.96. The number of carbonyl (C=O) groups excluding carboxylic acids is 1. The van der Waals surface area contributed by atoms with E-state index in [4.69, 9.17) is 14.2 Å². The lowest BCUT2D eigenvalue weighted by Crippen LogP contribution is -2.36. The zero-order valence-electron chi connectivity index (χ0n) is 17.2. The monoisotopic (exact) mass is 399 g/mol. The molecule has 3 rings (SSSR count). The molecule has 0 aromatic heterocycles. The third-order valence-corrected chi connectivity index (χ3v) is 4.75. The molecule has 2 aromatic rings. The number of rotatable bonds is 8. The highest BCUT2D eigenvalue weighted by Gasteiger charge is 2.15. The Hall–Kier alpha value is -2.93. The van der Waals surface area contributed by atoms with Gasteiger partial charge in [-0.25, -0.2) is 0 Å². The molecule has 0 radical (unpaired) electrons. The molecule has 1 aliphatic heterocycles. The molecule has 1 atom stereocenters. The Morgan fingerprint density at radius 3 is 2.45 bits per heavy atom. The van der Waals surface area contributed by atoms with Crippen LogP contribution in [0, 0.1) is 0 Å². The van der Waals surface area contributed by atoms with Gasteiger partial charge in [0, 0.05) is 36.2 Å². The number of benzene rings is 2. The topological polar surface area (TPSA) is 72.1 Å². The van der Waals surface area contributed by atoms with Crippen LogP contribution in [0.25, 0.3) is 0 Å². The summed E-state index contributed by atoms with van der Waals surface area (Å²) >= 11 is 0. The van der Waals surface area contributed by atoms with Gasteiger partial charge in [-0.15, -0.1) is 0 Å². The Morgan fingerprint density at radius 1 is 1.10 bits per heavy atom. The van der Waals surface area contributed by atoms with Gasteiger partial charge in [0.05, 0.1) is 26.9 Å². The van der Waals surface area contributed by atoms with Crippen LogP contribution in [0.5, 0.6) is 11.5 Å². The highest BCUT2D eigenvalue weighted by Crippen LogP contribution is 2.30. The molecule has 29 heavy (non-hydrogen) atoms. The average Bonchev–Trinajstić information content (AvgIpc) is 2.76. The third kappa shape index (κ3) is 5.54. The van der Waals surface area contributed by atoms with Gasteiger partial charge in [0.2, 0.25) is 5.91 Å². The van der Waals surface area contributed by atoms with Crippen LogP contribution in [0.4, 0.5) is 17.1 Å². The van der Waals surface area contributed by atoms with Gasteiger partial charge < -0.3 is 29.7 Å². The molecule has 1 amide bonds. The van der Waals surface area contributed by atoms with Gasteiger partial charge in [-0.2, -0.15) is 0 Å². The molecule has 0 spiro atoms. The van der Waals surface area contributed by atoms with E-state index < -0.39 is 6.04 Å². The van der Waals surface area contributed by atoms with Crippen LogP contribution >= 0.6 is 0 Å². The van der Waals surface area contributed by atoms with E-state index >= 15 is 0 Å². The molecule has 7 heteroatoms. The largest absolute Gasteiger partial charge is 0.493 e. The van der Waals surface area contributed by atoms with Gasteiger partial charge in [-0.3, -0.25) is 4.79 Å². The number of ether oxygens (including phenoxy) is 3. The second-order valence-corrected chi connectivity index (χ2v) is 6.80. The summed E-state index contributed by atoms with van der Waals surface area (Å²) in [5.74, 6) is 1.19. The quantitative estimate of drug-likeness (QED) is 0.709. The summed E-state index contributed by atoms with van der Waals surface area (Å²) in [6.07, 6.45) is 0. The second kappa shape index (κ2) is 10.0. The Bertz CT molecular complexity index is 804. The SMILES string of the molecule is CCOc1ccc(N[C@H](C)C(=O)Nc2ccc(N3CCOCC3)cc2)cc1OC. The van der Waals surface area contributed by atoms with E-state index in [2.05, 4.69) is 15.5 Å². The lowest BCUT2D eigenvalue weighted by atomic mass is 10.2. The van der Waals surface area contributed by atoms with Crippen molar-refractivity contribution in [3.8, 4) is 11.5 Å².